The van der Waals surface area contributed by atoms with Crippen LogP contribution in [-0.2, 0) is 28.6 Å². The molecule has 0 bridgehead atoms. The fraction of sp³-hybridized carbons (Fsp3) is 0.954. The van der Waals surface area contributed by atoms with Crippen molar-refractivity contribution in [3.05, 3.63) is 0 Å². The van der Waals surface area contributed by atoms with Crippen LogP contribution in [0.4, 0.5) is 0 Å². The first-order valence-electron chi connectivity index (χ1n) is 32.4. The Hall–Kier alpha value is -1.59. The largest absolute Gasteiger partial charge is 0.462 e. The molecule has 0 aromatic carbocycles. The van der Waals surface area contributed by atoms with Gasteiger partial charge in [0.2, 0.25) is 0 Å². The molecule has 0 heterocycles. The Labute approximate surface area is 444 Å². The summed E-state index contributed by atoms with van der Waals surface area (Å²) < 4.78 is 17.0. The van der Waals surface area contributed by atoms with Gasteiger partial charge in [-0.1, -0.05) is 336 Å². The fourth-order valence-corrected chi connectivity index (χ4v) is 10.2. The lowest BCUT2D eigenvalue weighted by atomic mass is 10.0. The molecular formula is C65H126O6. The number of hydrogen-bond donors (Lipinski definition) is 0. The van der Waals surface area contributed by atoms with E-state index in [2.05, 4.69) is 27.7 Å². The SMILES string of the molecule is CCCCCCCCCCCCCCCCCCCCC(=O)O[C@H](COC(=O)CCCCCCCCCCCCCCCCCC)COC(=O)CCCCCCCCCCCCCCCCCCC(C)C. The summed E-state index contributed by atoms with van der Waals surface area (Å²) in [5.41, 5.74) is 0. The van der Waals surface area contributed by atoms with Crippen molar-refractivity contribution < 1.29 is 28.6 Å². The van der Waals surface area contributed by atoms with E-state index in [9.17, 15) is 14.4 Å². The van der Waals surface area contributed by atoms with Crippen molar-refractivity contribution in [1.29, 1.82) is 0 Å². The number of carbonyl (C=O) groups is 3. The molecule has 0 aliphatic carbocycles. The molecule has 0 aromatic heterocycles. The molecule has 0 saturated carbocycles. The first-order valence-corrected chi connectivity index (χ1v) is 32.4. The summed E-state index contributed by atoms with van der Waals surface area (Å²) in [5, 5.41) is 0. The van der Waals surface area contributed by atoms with Crippen LogP contribution >= 0.6 is 0 Å². The second kappa shape index (κ2) is 59.3. The van der Waals surface area contributed by atoms with E-state index in [0.29, 0.717) is 19.3 Å². The molecule has 71 heavy (non-hydrogen) atoms. The maximum Gasteiger partial charge on any atom is 0.306 e. The van der Waals surface area contributed by atoms with Gasteiger partial charge in [-0.15, -0.1) is 0 Å². The number of ether oxygens (including phenoxy) is 3. The van der Waals surface area contributed by atoms with Gasteiger partial charge in [-0.2, -0.15) is 0 Å². The van der Waals surface area contributed by atoms with Gasteiger partial charge < -0.3 is 14.2 Å². The zero-order chi connectivity index (χ0) is 51.6. The van der Waals surface area contributed by atoms with Crippen LogP contribution in [0.5, 0.6) is 0 Å². The quantitative estimate of drug-likeness (QED) is 0.0343. The summed E-state index contributed by atoms with van der Waals surface area (Å²) in [6, 6.07) is 0. The Bertz CT molecular complexity index is 1070. The van der Waals surface area contributed by atoms with Crippen LogP contribution < -0.4 is 0 Å². The Morgan fingerprint density at radius 3 is 0.690 bits per heavy atom. The van der Waals surface area contributed by atoms with E-state index in [-0.39, 0.29) is 31.1 Å². The summed E-state index contributed by atoms with van der Waals surface area (Å²) in [5.74, 6) is 0.0271. The molecule has 6 heteroatoms. The first-order chi connectivity index (χ1) is 34.9. The molecule has 0 unspecified atom stereocenters. The van der Waals surface area contributed by atoms with Gasteiger partial charge in [0.25, 0.3) is 0 Å². The van der Waals surface area contributed by atoms with E-state index >= 15 is 0 Å². The van der Waals surface area contributed by atoms with Crippen LogP contribution in [0.25, 0.3) is 0 Å². The van der Waals surface area contributed by atoms with Gasteiger partial charge in [-0.3, -0.25) is 14.4 Å². The highest BCUT2D eigenvalue weighted by atomic mass is 16.6. The second-order valence-corrected chi connectivity index (χ2v) is 22.9. The molecule has 0 aliphatic heterocycles. The number of rotatable bonds is 60. The van der Waals surface area contributed by atoms with Crippen molar-refractivity contribution >= 4 is 17.9 Å². The van der Waals surface area contributed by atoms with E-state index in [1.165, 1.54) is 270 Å². The standard InChI is InChI=1S/C65H126O6/c1-5-7-9-11-13-15-17-19-21-23-24-30-34-38-42-46-50-54-58-65(68)71-62(59-69-63(66)56-52-48-44-40-36-32-28-22-20-18-16-14-12-10-8-6-2)60-70-64(67)57-53-49-45-41-37-33-29-26-25-27-31-35-39-43-47-51-55-61(3)4/h61-62H,5-60H2,1-4H3/t62-/m1/s1. The van der Waals surface area contributed by atoms with Crippen molar-refractivity contribution in [2.45, 2.75) is 381 Å². The predicted octanol–water partition coefficient (Wildman–Crippen LogP) is 21.7. The molecule has 0 aliphatic rings. The van der Waals surface area contributed by atoms with Gasteiger partial charge in [0.15, 0.2) is 6.10 Å². The molecular weight excluding hydrogens is 877 g/mol. The van der Waals surface area contributed by atoms with Crippen molar-refractivity contribution in [1.82, 2.24) is 0 Å². The topological polar surface area (TPSA) is 78.9 Å². The van der Waals surface area contributed by atoms with Crippen LogP contribution in [0.15, 0.2) is 0 Å². The van der Waals surface area contributed by atoms with E-state index in [4.69, 9.17) is 14.2 Å². The Kier molecular flexibility index (Phi) is 58.0. The molecule has 0 N–H and O–H groups in total. The van der Waals surface area contributed by atoms with Crippen LogP contribution in [0, 0.1) is 5.92 Å². The third kappa shape index (κ3) is 59.2. The third-order valence-corrected chi connectivity index (χ3v) is 15.0. The number of carbonyl (C=O) groups excluding carboxylic acids is 3. The summed E-state index contributed by atoms with van der Waals surface area (Å²) in [7, 11) is 0. The average Bonchev–Trinajstić information content (AvgIpc) is 3.36. The van der Waals surface area contributed by atoms with E-state index in [1.807, 2.05) is 0 Å². The van der Waals surface area contributed by atoms with Crippen LogP contribution in [0.3, 0.4) is 0 Å². The smallest absolute Gasteiger partial charge is 0.306 e. The van der Waals surface area contributed by atoms with Crippen molar-refractivity contribution in [2.24, 2.45) is 5.92 Å². The highest BCUT2D eigenvalue weighted by Crippen LogP contribution is 2.19. The minimum atomic E-state index is -0.763. The van der Waals surface area contributed by atoms with Crippen LogP contribution in [-0.4, -0.2) is 37.2 Å². The van der Waals surface area contributed by atoms with E-state index in [0.717, 1.165) is 63.7 Å². The molecule has 422 valence electrons. The first kappa shape index (κ1) is 69.4. The molecule has 0 rings (SSSR count). The van der Waals surface area contributed by atoms with Crippen molar-refractivity contribution in [3.8, 4) is 0 Å². The molecule has 0 aromatic rings. The fourth-order valence-electron chi connectivity index (χ4n) is 10.2. The Morgan fingerprint density at radius 2 is 0.465 bits per heavy atom. The third-order valence-electron chi connectivity index (χ3n) is 15.0. The second-order valence-electron chi connectivity index (χ2n) is 22.9. The molecule has 0 radical (unpaired) electrons. The molecule has 6 nitrogen and oxygen atoms in total. The predicted molar refractivity (Wildman–Crippen MR) is 307 cm³/mol. The number of hydrogen-bond acceptors (Lipinski definition) is 6. The highest BCUT2D eigenvalue weighted by Gasteiger charge is 2.19. The average molecular weight is 1000 g/mol. The van der Waals surface area contributed by atoms with Gasteiger partial charge in [0.05, 0.1) is 0 Å². The minimum Gasteiger partial charge on any atom is -0.462 e. The monoisotopic (exact) mass is 1000 g/mol. The lowest BCUT2D eigenvalue weighted by Crippen LogP contribution is -2.30. The summed E-state index contributed by atoms with van der Waals surface area (Å²) in [4.78, 5) is 38.3. The Morgan fingerprint density at radius 1 is 0.268 bits per heavy atom. The lowest BCUT2D eigenvalue weighted by Gasteiger charge is -2.18. The summed E-state index contributed by atoms with van der Waals surface area (Å²) in [6.07, 6.45) is 66.7. The molecule has 0 fully saturated rings. The van der Waals surface area contributed by atoms with Crippen molar-refractivity contribution in [2.75, 3.05) is 13.2 Å². The Balaban J connectivity index is 4.28. The zero-order valence-corrected chi connectivity index (χ0v) is 48.7. The van der Waals surface area contributed by atoms with Gasteiger partial charge in [-0.05, 0) is 25.2 Å². The molecule has 0 spiro atoms. The van der Waals surface area contributed by atoms with Crippen LogP contribution in [0.2, 0.25) is 0 Å². The van der Waals surface area contributed by atoms with Crippen LogP contribution in [0.1, 0.15) is 374 Å². The lowest BCUT2D eigenvalue weighted by molar-refractivity contribution is -0.167. The van der Waals surface area contributed by atoms with Gasteiger partial charge in [0.1, 0.15) is 13.2 Å². The van der Waals surface area contributed by atoms with E-state index in [1.54, 1.807) is 0 Å². The van der Waals surface area contributed by atoms with Gasteiger partial charge in [0, 0.05) is 19.3 Å². The number of unbranched alkanes of at least 4 members (excludes halogenated alkanes) is 47. The van der Waals surface area contributed by atoms with Gasteiger partial charge >= 0.3 is 17.9 Å². The molecule has 0 saturated heterocycles. The summed E-state index contributed by atoms with van der Waals surface area (Å²) in [6.45, 7) is 9.10. The maximum atomic E-state index is 12.9. The maximum absolute atomic E-state index is 12.9. The zero-order valence-electron chi connectivity index (χ0n) is 48.7. The van der Waals surface area contributed by atoms with E-state index < -0.39 is 6.10 Å². The highest BCUT2D eigenvalue weighted by molar-refractivity contribution is 5.71. The van der Waals surface area contributed by atoms with Crippen molar-refractivity contribution in [3.63, 3.8) is 0 Å². The minimum absolute atomic E-state index is 0.0610. The summed E-state index contributed by atoms with van der Waals surface area (Å²) >= 11 is 0. The molecule has 0 amide bonds. The van der Waals surface area contributed by atoms with Gasteiger partial charge in [-0.25, -0.2) is 0 Å². The normalized spacial score (nSPS) is 12.0. The molecule has 1 atom stereocenters. The number of esters is 3.